The first-order valence-corrected chi connectivity index (χ1v) is 11.4. The van der Waals surface area contributed by atoms with E-state index in [1.165, 1.54) is 19.3 Å². The zero-order chi connectivity index (χ0) is 22.6. The minimum atomic E-state index is -0.637. The summed E-state index contributed by atoms with van der Waals surface area (Å²) in [6.07, 6.45) is 8.06. The summed E-state index contributed by atoms with van der Waals surface area (Å²) in [6, 6.07) is -0.637. The van der Waals surface area contributed by atoms with Crippen LogP contribution in [-0.2, 0) is 17.9 Å². The average molecular weight is 431 g/mol. The van der Waals surface area contributed by atoms with Crippen molar-refractivity contribution in [3.63, 3.8) is 0 Å². The molecule has 172 valence electrons. The zero-order valence-electron chi connectivity index (χ0n) is 19.7. The molecule has 2 amide bonds. The van der Waals surface area contributed by atoms with Gasteiger partial charge in [-0.15, -0.1) is 0 Å². The van der Waals surface area contributed by atoms with Gasteiger partial charge in [-0.1, -0.05) is 33.3 Å². The number of nitrogens with one attached hydrogen (secondary N) is 2. The highest BCUT2D eigenvalue weighted by atomic mass is 16.2. The van der Waals surface area contributed by atoms with Crippen LogP contribution in [0.25, 0.3) is 6.08 Å². The number of aromatic nitrogens is 2. The Bertz CT molecular complexity index is 817. The number of piperidine rings is 1. The molecule has 2 aliphatic heterocycles. The molecule has 3 heterocycles. The summed E-state index contributed by atoms with van der Waals surface area (Å²) in [4.78, 5) is 35.0. The van der Waals surface area contributed by atoms with Gasteiger partial charge in [0.05, 0.1) is 5.69 Å². The van der Waals surface area contributed by atoms with Crippen LogP contribution in [0.1, 0.15) is 62.0 Å². The third-order valence-corrected chi connectivity index (χ3v) is 6.17. The fraction of sp³-hybridized carbons (Fsp3) is 0.696. The molecule has 1 aromatic heterocycles. The molecule has 1 atom stereocenters. The third-order valence-electron chi connectivity index (χ3n) is 6.17. The van der Waals surface area contributed by atoms with Crippen molar-refractivity contribution < 1.29 is 9.59 Å². The largest absolute Gasteiger partial charge is 0.357 e. The number of nitrogens with zero attached hydrogens (tertiary/aromatic N) is 4. The molecule has 31 heavy (non-hydrogen) atoms. The summed E-state index contributed by atoms with van der Waals surface area (Å²) in [5.41, 5.74) is 0.916. The molecule has 2 aliphatic rings. The number of amides is 2. The van der Waals surface area contributed by atoms with E-state index < -0.39 is 11.5 Å². The van der Waals surface area contributed by atoms with Crippen molar-refractivity contribution in [3.8, 4) is 0 Å². The zero-order valence-corrected chi connectivity index (χ0v) is 19.7. The second kappa shape index (κ2) is 9.96. The molecule has 1 unspecified atom stereocenters. The van der Waals surface area contributed by atoms with E-state index in [1.54, 1.807) is 7.05 Å². The highest BCUT2D eigenvalue weighted by Crippen LogP contribution is 2.23. The average Bonchev–Trinajstić information content (AvgIpc) is 3.09. The van der Waals surface area contributed by atoms with Crippen molar-refractivity contribution in [3.05, 3.63) is 23.3 Å². The molecule has 3 rings (SSSR count). The monoisotopic (exact) mass is 430 g/mol. The van der Waals surface area contributed by atoms with Crippen LogP contribution < -0.4 is 10.6 Å². The standard InChI is InChI=1S/C23H38N6O2/c1-23(2,3)20(22(31)24-4)26-21(30)19-17-16-27(5)14-15-29(17)18(25-19)10-9-13-28-11-7-6-8-12-28/h9-10,20H,6-8,11-16H2,1-5H3,(H,24,31)(H,26,30). The second-order valence-electron chi connectivity index (χ2n) is 9.81. The molecule has 0 aliphatic carbocycles. The van der Waals surface area contributed by atoms with E-state index in [1.807, 2.05) is 33.9 Å². The van der Waals surface area contributed by atoms with E-state index in [0.29, 0.717) is 12.2 Å². The molecule has 0 saturated carbocycles. The number of imidazole rings is 1. The van der Waals surface area contributed by atoms with Crippen molar-refractivity contribution in [1.82, 2.24) is 30.0 Å². The van der Waals surface area contributed by atoms with Crippen molar-refractivity contribution in [2.75, 3.05) is 40.3 Å². The van der Waals surface area contributed by atoms with Gasteiger partial charge in [0.2, 0.25) is 5.91 Å². The number of rotatable bonds is 6. The molecular formula is C23H38N6O2. The third kappa shape index (κ3) is 5.74. The van der Waals surface area contributed by atoms with Gasteiger partial charge in [-0.3, -0.25) is 19.4 Å². The van der Waals surface area contributed by atoms with Gasteiger partial charge in [0.25, 0.3) is 5.91 Å². The minimum absolute atomic E-state index is 0.201. The Balaban J connectivity index is 1.82. The Hall–Kier alpha value is -2.19. The van der Waals surface area contributed by atoms with Gasteiger partial charge >= 0.3 is 0 Å². The second-order valence-corrected chi connectivity index (χ2v) is 9.81. The Labute approximate surface area is 186 Å². The lowest BCUT2D eigenvalue weighted by Crippen LogP contribution is -2.53. The predicted octanol–water partition coefficient (Wildman–Crippen LogP) is 1.72. The molecule has 0 radical (unpaired) electrons. The fourth-order valence-corrected chi connectivity index (χ4v) is 4.30. The first kappa shape index (κ1) is 23.5. The van der Waals surface area contributed by atoms with E-state index in [-0.39, 0.29) is 11.8 Å². The van der Waals surface area contributed by atoms with Crippen LogP contribution in [0.3, 0.4) is 0 Å². The van der Waals surface area contributed by atoms with E-state index in [2.05, 4.69) is 31.1 Å². The number of likely N-dealkylation sites (tertiary alicyclic amines) is 1. The van der Waals surface area contributed by atoms with Crippen molar-refractivity contribution in [2.24, 2.45) is 5.41 Å². The van der Waals surface area contributed by atoms with Crippen LogP contribution in [0.4, 0.5) is 0 Å². The molecule has 2 N–H and O–H groups in total. The highest BCUT2D eigenvalue weighted by molar-refractivity contribution is 5.97. The Morgan fingerprint density at radius 1 is 1.13 bits per heavy atom. The summed E-state index contributed by atoms with van der Waals surface area (Å²) in [7, 11) is 3.64. The highest BCUT2D eigenvalue weighted by Gasteiger charge is 2.34. The lowest BCUT2D eigenvalue weighted by atomic mass is 9.86. The van der Waals surface area contributed by atoms with Crippen LogP contribution in [0, 0.1) is 5.41 Å². The SMILES string of the molecule is CNC(=O)C(NC(=O)c1nc(C=CCN2CCCCC2)n2c1CN(C)CC2)C(C)(C)C. The maximum Gasteiger partial charge on any atom is 0.272 e. The molecule has 8 heteroatoms. The van der Waals surface area contributed by atoms with E-state index in [0.717, 1.165) is 44.2 Å². The van der Waals surface area contributed by atoms with Gasteiger partial charge < -0.3 is 15.2 Å². The molecular weight excluding hydrogens is 392 g/mol. The minimum Gasteiger partial charge on any atom is -0.357 e. The lowest BCUT2D eigenvalue weighted by Gasteiger charge is -2.30. The molecule has 1 aromatic rings. The van der Waals surface area contributed by atoms with E-state index in [9.17, 15) is 9.59 Å². The first-order chi connectivity index (χ1) is 14.7. The molecule has 1 saturated heterocycles. The molecule has 0 spiro atoms. The summed E-state index contributed by atoms with van der Waals surface area (Å²) >= 11 is 0. The van der Waals surface area contributed by atoms with Gasteiger partial charge in [-0.2, -0.15) is 0 Å². The Morgan fingerprint density at radius 3 is 2.48 bits per heavy atom. The summed E-state index contributed by atoms with van der Waals surface area (Å²) in [5.74, 6) is 0.323. The first-order valence-electron chi connectivity index (χ1n) is 11.4. The topological polar surface area (TPSA) is 82.5 Å². The van der Waals surface area contributed by atoms with Gasteiger partial charge in [-0.25, -0.2) is 4.98 Å². The summed E-state index contributed by atoms with van der Waals surface area (Å²) < 4.78 is 2.15. The van der Waals surface area contributed by atoms with Gasteiger partial charge in [-0.05, 0) is 44.5 Å². The maximum absolute atomic E-state index is 13.2. The number of hydrogen-bond acceptors (Lipinski definition) is 5. The van der Waals surface area contributed by atoms with Crippen LogP contribution >= 0.6 is 0 Å². The molecule has 0 bridgehead atoms. The number of likely N-dealkylation sites (N-methyl/N-ethyl adjacent to an activating group) is 2. The molecule has 8 nitrogen and oxygen atoms in total. The van der Waals surface area contributed by atoms with Crippen LogP contribution in [0.5, 0.6) is 0 Å². The Morgan fingerprint density at radius 2 is 1.84 bits per heavy atom. The molecule has 1 fully saturated rings. The van der Waals surface area contributed by atoms with Crippen molar-refractivity contribution in [2.45, 2.75) is 59.2 Å². The normalized spacial score (nSPS) is 19.3. The summed E-state index contributed by atoms with van der Waals surface area (Å²) in [5, 5.41) is 5.59. The smallest absolute Gasteiger partial charge is 0.272 e. The van der Waals surface area contributed by atoms with Crippen LogP contribution in [-0.4, -0.2) is 77.5 Å². The van der Waals surface area contributed by atoms with Crippen molar-refractivity contribution in [1.29, 1.82) is 0 Å². The number of carbonyl (C=O) groups excluding carboxylic acids is 2. The predicted molar refractivity (Wildman–Crippen MR) is 123 cm³/mol. The van der Waals surface area contributed by atoms with Gasteiger partial charge in [0, 0.05) is 33.2 Å². The quantitative estimate of drug-likeness (QED) is 0.718. The maximum atomic E-state index is 13.2. The number of hydrogen-bond donors (Lipinski definition) is 2. The fourth-order valence-electron chi connectivity index (χ4n) is 4.30. The summed E-state index contributed by atoms with van der Waals surface area (Å²) in [6.45, 7) is 11.4. The van der Waals surface area contributed by atoms with Crippen LogP contribution in [0.15, 0.2) is 6.08 Å². The van der Waals surface area contributed by atoms with E-state index >= 15 is 0 Å². The van der Waals surface area contributed by atoms with Crippen LogP contribution in [0.2, 0.25) is 0 Å². The van der Waals surface area contributed by atoms with Gasteiger partial charge in [0.15, 0.2) is 5.69 Å². The van der Waals surface area contributed by atoms with Crippen molar-refractivity contribution >= 4 is 17.9 Å². The molecule has 0 aromatic carbocycles. The van der Waals surface area contributed by atoms with E-state index in [4.69, 9.17) is 4.98 Å². The Kier molecular flexibility index (Phi) is 7.54. The van der Waals surface area contributed by atoms with Gasteiger partial charge in [0.1, 0.15) is 11.9 Å². The number of fused-ring (bicyclic) bond motifs is 1. The number of carbonyl (C=O) groups is 2. The lowest BCUT2D eigenvalue weighted by molar-refractivity contribution is -0.124.